The molecule has 1 atom stereocenters. The van der Waals surface area contributed by atoms with Crippen molar-refractivity contribution in [2.24, 2.45) is 5.92 Å². The van der Waals surface area contributed by atoms with Crippen LogP contribution in [0.15, 0.2) is 36.5 Å². The largest absolute Gasteiger partial charge is 0.493 e. The van der Waals surface area contributed by atoms with Gasteiger partial charge in [0.05, 0.1) is 6.61 Å². The molecule has 0 unspecified atom stereocenters. The SMILES string of the molecule is O=C(c1ccnn1C(F)F)N1CCC[C@H](COc2ccc(F)cc2)C1. The van der Waals surface area contributed by atoms with Gasteiger partial charge in [0, 0.05) is 25.2 Å². The number of ether oxygens (including phenoxy) is 1. The highest BCUT2D eigenvalue weighted by molar-refractivity contribution is 5.92. The molecule has 1 saturated heterocycles. The highest BCUT2D eigenvalue weighted by Crippen LogP contribution is 2.22. The fourth-order valence-electron chi connectivity index (χ4n) is 2.93. The minimum atomic E-state index is -2.85. The Morgan fingerprint density at radius 3 is 2.76 bits per heavy atom. The summed E-state index contributed by atoms with van der Waals surface area (Å²) in [6, 6.07) is 7.02. The molecule has 5 nitrogen and oxygen atoms in total. The van der Waals surface area contributed by atoms with Crippen LogP contribution in [0.3, 0.4) is 0 Å². The van der Waals surface area contributed by atoms with Crippen molar-refractivity contribution in [3.05, 3.63) is 48.0 Å². The molecule has 2 aromatic rings. The highest BCUT2D eigenvalue weighted by atomic mass is 19.3. The molecule has 1 fully saturated rings. The van der Waals surface area contributed by atoms with E-state index in [1.165, 1.54) is 24.4 Å². The van der Waals surface area contributed by atoms with Gasteiger partial charge in [-0.2, -0.15) is 18.6 Å². The lowest BCUT2D eigenvalue weighted by atomic mass is 9.98. The first-order chi connectivity index (χ1) is 12.0. The molecule has 0 spiro atoms. The number of alkyl halides is 2. The molecular formula is C17H18F3N3O2. The van der Waals surface area contributed by atoms with Crippen LogP contribution in [0.25, 0.3) is 0 Å². The minimum absolute atomic E-state index is 0.0886. The molecular weight excluding hydrogens is 335 g/mol. The smallest absolute Gasteiger partial charge is 0.333 e. The van der Waals surface area contributed by atoms with Crippen molar-refractivity contribution in [1.82, 2.24) is 14.7 Å². The van der Waals surface area contributed by atoms with Crippen LogP contribution in [0.1, 0.15) is 29.9 Å². The Morgan fingerprint density at radius 2 is 2.04 bits per heavy atom. The Kier molecular flexibility index (Phi) is 5.25. The van der Waals surface area contributed by atoms with Crippen molar-refractivity contribution in [3.63, 3.8) is 0 Å². The molecule has 1 aliphatic rings. The summed E-state index contributed by atoms with van der Waals surface area (Å²) in [7, 11) is 0. The average molecular weight is 353 g/mol. The van der Waals surface area contributed by atoms with Crippen LogP contribution in [-0.4, -0.2) is 40.3 Å². The van der Waals surface area contributed by atoms with Crippen LogP contribution in [0, 0.1) is 11.7 Å². The molecule has 25 heavy (non-hydrogen) atoms. The lowest BCUT2D eigenvalue weighted by Crippen LogP contribution is -2.42. The molecule has 1 aromatic heterocycles. The standard InChI is InChI=1S/C17H18F3N3O2/c18-13-3-5-14(6-4-13)25-11-12-2-1-9-22(10-12)16(24)15-7-8-21-23(15)17(19)20/h3-8,12,17H,1-2,9-11H2/t12-/m0/s1. The lowest BCUT2D eigenvalue weighted by Gasteiger charge is -2.32. The maximum absolute atomic E-state index is 12.9. The summed E-state index contributed by atoms with van der Waals surface area (Å²) in [5.41, 5.74) is -0.116. The predicted octanol–water partition coefficient (Wildman–Crippen LogP) is 3.35. The number of amides is 1. The second kappa shape index (κ2) is 7.58. The number of likely N-dealkylation sites (tertiary alicyclic amines) is 1. The Balaban J connectivity index is 1.59. The molecule has 0 bridgehead atoms. The van der Waals surface area contributed by atoms with Crippen molar-refractivity contribution in [1.29, 1.82) is 0 Å². The molecule has 8 heteroatoms. The van der Waals surface area contributed by atoms with E-state index in [9.17, 15) is 18.0 Å². The van der Waals surface area contributed by atoms with E-state index in [1.807, 2.05) is 0 Å². The van der Waals surface area contributed by atoms with Gasteiger partial charge >= 0.3 is 6.55 Å². The predicted molar refractivity (Wildman–Crippen MR) is 84.0 cm³/mol. The number of hydrogen-bond acceptors (Lipinski definition) is 3. The van der Waals surface area contributed by atoms with Crippen LogP contribution in [-0.2, 0) is 0 Å². The van der Waals surface area contributed by atoms with Gasteiger partial charge in [-0.3, -0.25) is 4.79 Å². The zero-order valence-electron chi connectivity index (χ0n) is 13.4. The van der Waals surface area contributed by atoms with E-state index in [0.717, 1.165) is 12.8 Å². The molecule has 0 N–H and O–H groups in total. The van der Waals surface area contributed by atoms with Gasteiger partial charge in [-0.25, -0.2) is 4.39 Å². The maximum Gasteiger partial charge on any atom is 0.333 e. The molecule has 1 aromatic carbocycles. The van der Waals surface area contributed by atoms with E-state index in [-0.39, 0.29) is 17.4 Å². The van der Waals surface area contributed by atoms with E-state index in [0.29, 0.717) is 30.1 Å². The van der Waals surface area contributed by atoms with E-state index in [1.54, 1.807) is 17.0 Å². The number of hydrogen-bond donors (Lipinski definition) is 0. The third kappa shape index (κ3) is 4.12. The Labute approximate surface area is 143 Å². The minimum Gasteiger partial charge on any atom is -0.493 e. The lowest BCUT2D eigenvalue weighted by molar-refractivity contribution is 0.0425. The monoisotopic (exact) mass is 353 g/mol. The summed E-state index contributed by atoms with van der Waals surface area (Å²) in [4.78, 5) is 14.0. The van der Waals surface area contributed by atoms with Gasteiger partial charge < -0.3 is 9.64 Å². The first-order valence-corrected chi connectivity index (χ1v) is 8.04. The number of rotatable bonds is 5. The molecule has 1 aliphatic heterocycles. The van der Waals surface area contributed by atoms with E-state index >= 15 is 0 Å². The summed E-state index contributed by atoms with van der Waals surface area (Å²) in [5, 5.41) is 3.50. The second-order valence-corrected chi connectivity index (χ2v) is 5.96. The fourth-order valence-corrected chi connectivity index (χ4v) is 2.93. The van der Waals surface area contributed by atoms with Gasteiger partial charge in [0.2, 0.25) is 0 Å². The van der Waals surface area contributed by atoms with Crippen LogP contribution >= 0.6 is 0 Å². The summed E-state index contributed by atoms with van der Waals surface area (Å²) in [6.07, 6.45) is 2.84. The molecule has 0 aliphatic carbocycles. The summed E-state index contributed by atoms with van der Waals surface area (Å²) in [5.74, 6) is -0.145. The van der Waals surface area contributed by atoms with Gasteiger partial charge in [-0.15, -0.1) is 0 Å². The van der Waals surface area contributed by atoms with Crippen LogP contribution < -0.4 is 4.74 Å². The topological polar surface area (TPSA) is 47.4 Å². The quantitative estimate of drug-likeness (QED) is 0.828. The summed E-state index contributed by atoms with van der Waals surface area (Å²) in [6.45, 7) is -1.53. The Bertz CT molecular complexity index is 718. The molecule has 1 amide bonds. The van der Waals surface area contributed by atoms with Crippen molar-refractivity contribution in [2.75, 3.05) is 19.7 Å². The number of nitrogens with zero attached hydrogens (tertiary/aromatic N) is 3. The van der Waals surface area contributed by atoms with Gasteiger partial charge in [-0.1, -0.05) is 0 Å². The number of benzene rings is 1. The first kappa shape index (κ1) is 17.3. The zero-order valence-corrected chi connectivity index (χ0v) is 13.4. The van der Waals surface area contributed by atoms with Crippen LogP contribution in [0.2, 0.25) is 0 Å². The van der Waals surface area contributed by atoms with Gasteiger partial charge in [0.25, 0.3) is 5.91 Å². The average Bonchev–Trinajstić information content (AvgIpc) is 3.11. The molecule has 3 rings (SSSR count). The zero-order chi connectivity index (χ0) is 17.8. The highest BCUT2D eigenvalue weighted by Gasteiger charge is 2.28. The van der Waals surface area contributed by atoms with Gasteiger partial charge in [0.15, 0.2) is 0 Å². The summed E-state index contributed by atoms with van der Waals surface area (Å²) < 4.78 is 44.7. The third-order valence-corrected chi connectivity index (χ3v) is 4.18. The van der Waals surface area contributed by atoms with E-state index in [2.05, 4.69) is 5.10 Å². The van der Waals surface area contributed by atoms with Crippen molar-refractivity contribution < 1.29 is 22.7 Å². The Hall–Kier alpha value is -2.51. The molecule has 0 saturated carbocycles. The number of halogens is 3. The van der Waals surface area contributed by atoms with Crippen molar-refractivity contribution in [3.8, 4) is 5.75 Å². The van der Waals surface area contributed by atoms with Gasteiger partial charge in [-0.05, 0) is 43.2 Å². The molecule has 134 valence electrons. The number of aromatic nitrogens is 2. The normalized spacial score (nSPS) is 17.8. The van der Waals surface area contributed by atoms with Crippen LogP contribution in [0.4, 0.5) is 13.2 Å². The van der Waals surface area contributed by atoms with Crippen molar-refractivity contribution >= 4 is 5.91 Å². The Morgan fingerprint density at radius 1 is 1.28 bits per heavy atom. The van der Waals surface area contributed by atoms with Gasteiger partial charge in [0.1, 0.15) is 17.3 Å². The number of carbonyl (C=O) groups is 1. The second-order valence-electron chi connectivity index (χ2n) is 5.96. The fraction of sp³-hybridized carbons (Fsp3) is 0.412. The van der Waals surface area contributed by atoms with Crippen LogP contribution in [0.5, 0.6) is 5.75 Å². The number of carbonyl (C=O) groups excluding carboxylic acids is 1. The third-order valence-electron chi connectivity index (χ3n) is 4.18. The van der Waals surface area contributed by atoms with Crippen molar-refractivity contribution in [2.45, 2.75) is 19.4 Å². The first-order valence-electron chi connectivity index (χ1n) is 8.04. The number of piperidine rings is 1. The maximum atomic E-state index is 12.9. The van der Waals surface area contributed by atoms with E-state index in [4.69, 9.17) is 4.74 Å². The molecule has 2 heterocycles. The van der Waals surface area contributed by atoms with E-state index < -0.39 is 12.5 Å². The summed E-state index contributed by atoms with van der Waals surface area (Å²) >= 11 is 0. The molecule has 0 radical (unpaired) electrons.